The van der Waals surface area contributed by atoms with Crippen LogP contribution in [-0.2, 0) is 0 Å². The second-order valence-corrected chi connectivity index (χ2v) is 6.31. The lowest BCUT2D eigenvalue weighted by molar-refractivity contribution is -0.0572. The quantitative estimate of drug-likeness (QED) is 0.687. The minimum atomic E-state index is -3.67. The molecule has 0 aromatic rings. The second kappa shape index (κ2) is 3.78. The van der Waals surface area contributed by atoms with Crippen LogP contribution in [0.2, 0.25) is 0 Å². The molecule has 2 fully saturated rings. The molecule has 2 bridgehead atoms. The van der Waals surface area contributed by atoms with E-state index in [1.54, 1.807) is 0 Å². The van der Waals surface area contributed by atoms with Gasteiger partial charge in [-0.3, -0.25) is 4.90 Å². The van der Waals surface area contributed by atoms with Crippen molar-refractivity contribution in [2.24, 2.45) is 29.5 Å². The van der Waals surface area contributed by atoms with Crippen LogP contribution in [0.15, 0.2) is 12.1 Å². The Labute approximate surface area is 114 Å². The lowest BCUT2D eigenvalue weighted by Crippen LogP contribution is -2.44. The number of fused-ring (bicyclic) bond motifs is 5. The SMILES string of the molecule is [2H]C1=C([2H])C2([2H])C3C(C(C)C)N(C(C)C)CC3C1([2H])C2(F)F. The van der Waals surface area contributed by atoms with Crippen molar-refractivity contribution >= 4 is 0 Å². The van der Waals surface area contributed by atoms with Crippen LogP contribution in [0, 0.1) is 29.5 Å². The van der Waals surface area contributed by atoms with E-state index in [1.807, 2.05) is 27.7 Å². The number of rotatable bonds is 2. The number of nitrogens with zero attached hydrogens (tertiary/aromatic N) is 1. The molecule has 1 heterocycles. The van der Waals surface area contributed by atoms with Crippen LogP contribution in [-0.4, -0.2) is 29.5 Å². The fraction of sp³-hybridized carbons (Fsp3) is 0.867. The summed E-state index contributed by atoms with van der Waals surface area (Å²) in [6.45, 7) is 8.17. The van der Waals surface area contributed by atoms with Crippen molar-refractivity contribution in [1.29, 1.82) is 0 Å². The minimum Gasteiger partial charge on any atom is -0.297 e. The molecular formula is C15H23F2N. The highest BCUT2D eigenvalue weighted by atomic mass is 19.3. The van der Waals surface area contributed by atoms with Crippen LogP contribution >= 0.6 is 0 Å². The zero-order valence-corrected chi connectivity index (χ0v) is 11.3. The summed E-state index contributed by atoms with van der Waals surface area (Å²) in [6.07, 6.45) is 0. The molecule has 3 rings (SSSR count). The maximum absolute atomic E-state index is 14.9. The summed E-state index contributed by atoms with van der Waals surface area (Å²) in [5.74, 6) is -9.98. The molecular weight excluding hydrogens is 232 g/mol. The molecule has 2 aliphatic carbocycles. The number of allylic oxidation sites excluding steroid dienone is 2. The predicted molar refractivity (Wildman–Crippen MR) is 68.5 cm³/mol. The lowest BCUT2D eigenvalue weighted by atomic mass is 9.78. The van der Waals surface area contributed by atoms with Gasteiger partial charge in [-0.1, -0.05) is 26.0 Å². The second-order valence-electron chi connectivity index (χ2n) is 6.31. The molecule has 5 atom stereocenters. The third-order valence-corrected chi connectivity index (χ3v) is 4.65. The van der Waals surface area contributed by atoms with Crippen molar-refractivity contribution < 1.29 is 14.3 Å². The maximum Gasteiger partial charge on any atom is 0.261 e. The highest BCUT2D eigenvalue weighted by Gasteiger charge is 2.68. The number of halogens is 2. The summed E-state index contributed by atoms with van der Waals surface area (Å²) in [6, 6.07) is -1.43. The van der Waals surface area contributed by atoms with E-state index in [-0.39, 0.29) is 18.0 Å². The zero-order valence-electron chi connectivity index (χ0n) is 15.3. The van der Waals surface area contributed by atoms with Gasteiger partial charge in [0.25, 0.3) is 5.92 Å². The molecule has 0 N–H and O–H groups in total. The van der Waals surface area contributed by atoms with Crippen LogP contribution in [0.4, 0.5) is 8.78 Å². The van der Waals surface area contributed by atoms with Gasteiger partial charge in [0.2, 0.25) is 0 Å². The van der Waals surface area contributed by atoms with Gasteiger partial charge >= 0.3 is 0 Å². The zero-order chi connectivity index (χ0) is 16.8. The van der Waals surface area contributed by atoms with Crippen molar-refractivity contribution in [3.8, 4) is 0 Å². The van der Waals surface area contributed by atoms with Crippen molar-refractivity contribution in [1.82, 2.24) is 4.90 Å². The monoisotopic (exact) mass is 259 g/mol. The highest BCUT2D eigenvalue weighted by Crippen LogP contribution is 2.62. The van der Waals surface area contributed by atoms with E-state index in [4.69, 9.17) is 5.48 Å². The largest absolute Gasteiger partial charge is 0.297 e. The minimum absolute atomic E-state index is 0.0559. The molecule has 0 amide bonds. The molecule has 1 saturated heterocycles. The summed E-state index contributed by atoms with van der Waals surface area (Å²) in [4.78, 5) is 2.09. The first-order chi connectivity index (χ1) is 9.94. The summed E-state index contributed by atoms with van der Waals surface area (Å²) in [7, 11) is 0. The van der Waals surface area contributed by atoms with Crippen molar-refractivity contribution in [2.45, 2.75) is 45.7 Å². The van der Waals surface area contributed by atoms with Gasteiger partial charge in [0.15, 0.2) is 0 Å². The van der Waals surface area contributed by atoms with E-state index in [0.29, 0.717) is 6.54 Å². The average molecular weight is 259 g/mol. The first-order valence-corrected chi connectivity index (χ1v) is 6.76. The van der Waals surface area contributed by atoms with Gasteiger partial charge in [-0.15, -0.1) is 0 Å². The fourth-order valence-corrected chi connectivity index (χ4v) is 3.96. The van der Waals surface area contributed by atoms with Crippen molar-refractivity contribution in [3.63, 3.8) is 0 Å². The topological polar surface area (TPSA) is 3.24 Å². The number of alkyl halides is 2. The molecule has 3 aliphatic rings. The predicted octanol–water partition coefficient (Wildman–Crippen LogP) is 3.42. The highest BCUT2D eigenvalue weighted by molar-refractivity contribution is 5.26. The summed E-state index contributed by atoms with van der Waals surface area (Å²) >= 11 is 0. The number of hydrogen-bond donors (Lipinski definition) is 0. The molecule has 0 aromatic carbocycles. The van der Waals surface area contributed by atoms with Crippen LogP contribution in [0.1, 0.15) is 33.2 Å². The number of likely N-dealkylation sites (tertiary alicyclic amines) is 1. The van der Waals surface area contributed by atoms with Crippen molar-refractivity contribution in [2.75, 3.05) is 6.54 Å². The van der Waals surface area contributed by atoms with Crippen LogP contribution in [0.3, 0.4) is 0 Å². The van der Waals surface area contributed by atoms with Crippen LogP contribution < -0.4 is 0 Å². The Morgan fingerprint density at radius 2 is 1.89 bits per heavy atom. The Morgan fingerprint density at radius 3 is 2.44 bits per heavy atom. The summed E-state index contributed by atoms with van der Waals surface area (Å²) in [5, 5.41) is 0. The van der Waals surface area contributed by atoms with Crippen LogP contribution in [0.5, 0.6) is 0 Å². The van der Waals surface area contributed by atoms with Gasteiger partial charge < -0.3 is 0 Å². The Kier molecular flexibility index (Phi) is 1.82. The normalized spacial score (nSPS) is 57.9. The van der Waals surface area contributed by atoms with E-state index < -0.39 is 41.7 Å². The van der Waals surface area contributed by atoms with E-state index in [1.165, 1.54) is 0 Å². The molecule has 3 heteroatoms. The maximum atomic E-state index is 14.9. The van der Waals surface area contributed by atoms with Gasteiger partial charge in [-0.2, -0.15) is 0 Å². The van der Waals surface area contributed by atoms with Gasteiger partial charge in [0, 0.05) is 33.2 Å². The van der Waals surface area contributed by atoms with Crippen molar-refractivity contribution in [3.05, 3.63) is 12.1 Å². The van der Waals surface area contributed by atoms with E-state index >= 15 is 0 Å². The molecule has 1 nitrogen and oxygen atoms in total. The van der Waals surface area contributed by atoms with Gasteiger partial charge in [0.05, 0.1) is 2.74 Å². The van der Waals surface area contributed by atoms with Gasteiger partial charge in [-0.05, 0) is 31.6 Å². The van der Waals surface area contributed by atoms with Gasteiger partial charge in [-0.25, -0.2) is 8.78 Å². The summed E-state index contributed by atoms with van der Waals surface area (Å²) < 4.78 is 62.4. The first kappa shape index (κ1) is 8.68. The Hall–Kier alpha value is -0.440. The van der Waals surface area contributed by atoms with Crippen LogP contribution in [0.25, 0.3) is 0 Å². The van der Waals surface area contributed by atoms with E-state index in [2.05, 4.69) is 4.90 Å². The molecule has 0 radical (unpaired) electrons. The molecule has 1 aliphatic heterocycles. The smallest absolute Gasteiger partial charge is 0.261 e. The van der Waals surface area contributed by atoms with Gasteiger partial charge in [0.1, 0.15) is 0 Å². The van der Waals surface area contributed by atoms with E-state index in [0.717, 1.165) is 0 Å². The first-order valence-electron chi connectivity index (χ1n) is 8.76. The molecule has 0 aromatic heterocycles. The van der Waals surface area contributed by atoms with E-state index in [9.17, 15) is 8.78 Å². The molecule has 1 saturated carbocycles. The molecule has 0 spiro atoms. The third kappa shape index (κ3) is 1.40. The molecule has 102 valence electrons. The fourth-order valence-electron chi connectivity index (χ4n) is 3.96. The standard InChI is InChI=1S/C15H23F2N/c1-8(2)14-13-10(7-18(14)9(3)4)11-5-6-12(13)15(11,16)17/h5-6,8-14H,7H2,1-4H3/i5D,6D,11D,12D. The average Bonchev–Trinajstić information content (AvgIpc) is 2.91. The Bertz CT molecular complexity index is 550. The lowest BCUT2D eigenvalue weighted by Gasteiger charge is -2.36. The Balaban J connectivity index is 2.20. The molecule has 5 unspecified atom stereocenters. The summed E-state index contributed by atoms with van der Waals surface area (Å²) in [5.41, 5.74) is 0. The third-order valence-electron chi connectivity index (χ3n) is 4.65. The Morgan fingerprint density at radius 1 is 1.28 bits per heavy atom. The molecule has 18 heavy (non-hydrogen) atoms. The number of hydrogen-bond acceptors (Lipinski definition) is 1.